The zero-order valence-electron chi connectivity index (χ0n) is 5.27. The summed E-state index contributed by atoms with van der Waals surface area (Å²) in [5.74, 6) is 0. The Bertz CT molecular complexity index is 169. The van der Waals surface area contributed by atoms with Crippen LogP contribution in [0.1, 0.15) is 0 Å². The molecular weight excluding hydrogens is 136 g/mol. The molecule has 5 atom stereocenters. The molecule has 0 aromatic carbocycles. The summed E-state index contributed by atoms with van der Waals surface area (Å²) in [6.07, 6.45) is -1.02. The summed E-state index contributed by atoms with van der Waals surface area (Å²) in [6.45, 7) is 0.572. The molecule has 3 saturated heterocycles. The SMILES string of the molecule is O[C@@H]1[C@H]2O[C@H]3[C@H]1OC[C@H]3O2. The van der Waals surface area contributed by atoms with Crippen molar-refractivity contribution in [2.75, 3.05) is 6.61 Å². The van der Waals surface area contributed by atoms with Crippen molar-refractivity contribution in [1.82, 2.24) is 0 Å². The summed E-state index contributed by atoms with van der Waals surface area (Å²) in [4.78, 5) is 0. The number of ether oxygens (including phenoxy) is 3. The van der Waals surface area contributed by atoms with Gasteiger partial charge in [-0.3, -0.25) is 0 Å². The van der Waals surface area contributed by atoms with Gasteiger partial charge in [-0.2, -0.15) is 0 Å². The van der Waals surface area contributed by atoms with E-state index in [0.717, 1.165) is 0 Å². The lowest BCUT2D eigenvalue weighted by molar-refractivity contribution is -0.104. The van der Waals surface area contributed by atoms with Crippen molar-refractivity contribution in [1.29, 1.82) is 0 Å². The van der Waals surface area contributed by atoms with Gasteiger partial charge in [0.05, 0.1) is 6.61 Å². The van der Waals surface area contributed by atoms with Crippen LogP contribution in [0.2, 0.25) is 0 Å². The third-order valence-corrected chi connectivity index (χ3v) is 2.36. The number of aliphatic hydroxyl groups excluding tert-OH is 1. The van der Waals surface area contributed by atoms with E-state index in [1.165, 1.54) is 0 Å². The van der Waals surface area contributed by atoms with Gasteiger partial charge in [-0.05, 0) is 0 Å². The van der Waals surface area contributed by atoms with Gasteiger partial charge < -0.3 is 19.3 Å². The van der Waals surface area contributed by atoms with Gasteiger partial charge in [-0.1, -0.05) is 0 Å². The normalized spacial score (nSPS) is 63.9. The second-order valence-corrected chi connectivity index (χ2v) is 2.93. The molecule has 0 saturated carbocycles. The summed E-state index contributed by atoms with van der Waals surface area (Å²) < 4.78 is 15.8. The van der Waals surface area contributed by atoms with E-state index in [-0.39, 0.29) is 18.3 Å². The molecule has 56 valence electrons. The second-order valence-electron chi connectivity index (χ2n) is 2.93. The van der Waals surface area contributed by atoms with Gasteiger partial charge in [0.15, 0.2) is 6.29 Å². The molecule has 2 bridgehead atoms. The van der Waals surface area contributed by atoms with E-state index >= 15 is 0 Å². The molecule has 0 aliphatic carbocycles. The lowest BCUT2D eigenvalue weighted by Crippen LogP contribution is -2.39. The quantitative estimate of drug-likeness (QED) is 0.467. The van der Waals surface area contributed by atoms with Crippen LogP contribution in [0.3, 0.4) is 0 Å². The van der Waals surface area contributed by atoms with Gasteiger partial charge in [-0.25, -0.2) is 0 Å². The lowest BCUT2D eigenvalue weighted by atomic mass is 10.1. The van der Waals surface area contributed by atoms with E-state index in [0.29, 0.717) is 6.61 Å². The number of fused-ring (bicyclic) bond motifs is 1. The fraction of sp³-hybridized carbons (Fsp3) is 1.00. The van der Waals surface area contributed by atoms with Crippen LogP contribution < -0.4 is 0 Å². The van der Waals surface area contributed by atoms with Crippen molar-refractivity contribution >= 4 is 0 Å². The first-order valence-electron chi connectivity index (χ1n) is 3.47. The van der Waals surface area contributed by atoms with Crippen molar-refractivity contribution in [3.63, 3.8) is 0 Å². The van der Waals surface area contributed by atoms with Gasteiger partial charge in [0.25, 0.3) is 0 Å². The third kappa shape index (κ3) is 0.441. The molecule has 3 rings (SSSR count). The summed E-state index contributed by atoms with van der Waals surface area (Å²) >= 11 is 0. The van der Waals surface area contributed by atoms with Crippen LogP contribution >= 0.6 is 0 Å². The molecule has 0 aromatic rings. The van der Waals surface area contributed by atoms with Crippen LogP contribution in [-0.4, -0.2) is 42.4 Å². The topological polar surface area (TPSA) is 47.9 Å². The minimum atomic E-state index is -0.566. The maximum Gasteiger partial charge on any atom is 0.187 e. The molecule has 4 heteroatoms. The number of hydrogen-bond donors (Lipinski definition) is 1. The van der Waals surface area contributed by atoms with E-state index in [9.17, 15) is 5.11 Å². The molecule has 10 heavy (non-hydrogen) atoms. The zero-order valence-corrected chi connectivity index (χ0v) is 5.27. The van der Waals surface area contributed by atoms with Gasteiger partial charge in [0.2, 0.25) is 0 Å². The molecule has 3 aliphatic heterocycles. The number of hydrogen-bond acceptors (Lipinski definition) is 4. The first-order valence-corrected chi connectivity index (χ1v) is 3.47. The molecule has 3 heterocycles. The van der Waals surface area contributed by atoms with Gasteiger partial charge in [0.1, 0.15) is 24.4 Å². The molecule has 0 aromatic heterocycles. The highest BCUT2D eigenvalue weighted by molar-refractivity contribution is 5.02. The number of rotatable bonds is 0. The highest BCUT2D eigenvalue weighted by atomic mass is 16.8. The van der Waals surface area contributed by atoms with Crippen molar-refractivity contribution in [2.24, 2.45) is 0 Å². The van der Waals surface area contributed by atoms with Crippen molar-refractivity contribution in [2.45, 2.75) is 30.7 Å². The minimum Gasteiger partial charge on any atom is -0.385 e. The fourth-order valence-corrected chi connectivity index (χ4v) is 1.86. The minimum absolute atomic E-state index is 0.000000000000000222. The number of aliphatic hydroxyl groups is 1. The average molecular weight is 144 g/mol. The first-order chi connectivity index (χ1) is 4.86. The van der Waals surface area contributed by atoms with Crippen LogP contribution in [-0.2, 0) is 14.2 Å². The second kappa shape index (κ2) is 1.53. The van der Waals surface area contributed by atoms with E-state index < -0.39 is 12.4 Å². The average Bonchev–Trinajstić information content (AvgIpc) is 2.43. The maximum atomic E-state index is 9.33. The van der Waals surface area contributed by atoms with E-state index in [4.69, 9.17) is 14.2 Å². The molecule has 0 amide bonds. The van der Waals surface area contributed by atoms with Crippen LogP contribution in [0.15, 0.2) is 0 Å². The van der Waals surface area contributed by atoms with Gasteiger partial charge in [0, 0.05) is 0 Å². The lowest BCUT2D eigenvalue weighted by Gasteiger charge is -2.17. The monoisotopic (exact) mass is 144 g/mol. The Morgan fingerprint density at radius 3 is 2.80 bits per heavy atom. The zero-order chi connectivity index (χ0) is 6.72. The predicted octanol–water partition coefficient (Wildman–Crippen LogP) is -1.13. The van der Waals surface area contributed by atoms with E-state index in [2.05, 4.69) is 0 Å². The molecule has 3 aliphatic rings. The van der Waals surface area contributed by atoms with Gasteiger partial charge >= 0.3 is 0 Å². The Morgan fingerprint density at radius 2 is 2.10 bits per heavy atom. The highest BCUT2D eigenvalue weighted by Crippen LogP contribution is 2.40. The largest absolute Gasteiger partial charge is 0.385 e. The molecule has 3 fully saturated rings. The van der Waals surface area contributed by atoms with Crippen molar-refractivity contribution in [3.8, 4) is 0 Å². The van der Waals surface area contributed by atoms with Crippen LogP contribution in [0.25, 0.3) is 0 Å². The summed E-state index contributed by atoms with van der Waals surface area (Å²) in [5.41, 5.74) is 0. The van der Waals surface area contributed by atoms with E-state index in [1.54, 1.807) is 0 Å². The smallest absolute Gasteiger partial charge is 0.187 e. The molecule has 4 nitrogen and oxygen atoms in total. The van der Waals surface area contributed by atoms with Crippen molar-refractivity contribution in [3.05, 3.63) is 0 Å². The third-order valence-electron chi connectivity index (χ3n) is 2.36. The van der Waals surface area contributed by atoms with Crippen LogP contribution in [0.5, 0.6) is 0 Å². The Labute approximate surface area is 57.7 Å². The summed E-state index contributed by atoms with van der Waals surface area (Å²) in [7, 11) is 0. The molecular formula is C6H8O4. The van der Waals surface area contributed by atoms with Crippen LogP contribution in [0, 0.1) is 0 Å². The Morgan fingerprint density at radius 1 is 1.20 bits per heavy atom. The summed E-state index contributed by atoms with van der Waals surface area (Å²) in [5, 5.41) is 9.33. The Hall–Kier alpha value is -0.160. The Kier molecular flexibility index (Phi) is 0.840. The van der Waals surface area contributed by atoms with E-state index in [1.807, 2.05) is 0 Å². The molecule has 0 radical (unpaired) electrons. The fourth-order valence-electron chi connectivity index (χ4n) is 1.86. The standard InChI is InChI=1S/C6H8O4/c7-3-5-4-2(1-8-5)9-6(3)10-4/h2-7H,1H2/t2-,3+,4-,5+,6-/m1/s1. The van der Waals surface area contributed by atoms with Crippen LogP contribution in [0.4, 0.5) is 0 Å². The molecule has 1 N–H and O–H groups in total. The van der Waals surface area contributed by atoms with Gasteiger partial charge in [-0.15, -0.1) is 0 Å². The summed E-state index contributed by atoms with van der Waals surface area (Å²) in [6, 6.07) is 0. The Balaban J connectivity index is 2.00. The molecule has 0 spiro atoms. The first kappa shape index (κ1) is 5.49. The highest BCUT2D eigenvalue weighted by Gasteiger charge is 2.59. The molecule has 0 unspecified atom stereocenters. The predicted molar refractivity (Wildman–Crippen MR) is 29.3 cm³/mol. The maximum absolute atomic E-state index is 9.33. The van der Waals surface area contributed by atoms with Crippen molar-refractivity contribution < 1.29 is 19.3 Å².